The van der Waals surface area contributed by atoms with E-state index >= 15 is 0 Å². The lowest BCUT2D eigenvalue weighted by Crippen LogP contribution is -2.06. The maximum absolute atomic E-state index is 5.48. The first-order valence-corrected chi connectivity index (χ1v) is 5.19. The van der Waals surface area contributed by atoms with E-state index in [0.29, 0.717) is 12.5 Å². The van der Waals surface area contributed by atoms with E-state index in [0.717, 1.165) is 24.3 Å². The third-order valence-electron chi connectivity index (χ3n) is 2.48. The highest BCUT2D eigenvalue weighted by Gasteiger charge is 2.13. The molecule has 1 unspecified atom stereocenters. The van der Waals surface area contributed by atoms with Crippen molar-refractivity contribution in [3.05, 3.63) is 24.2 Å². The van der Waals surface area contributed by atoms with Crippen LogP contribution in [0.4, 0.5) is 0 Å². The van der Waals surface area contributed by atoms with Gasteiger partial charge in [-0.15, -0.1) is 10.2 Å². The second kappa shape index (κ2) is 4.35. The summed E-state index contributed by atoms with van der Waals surface area (Å²) in [6, 6.07) is 3.76. The Morgan fingerprint density at radius 3 is 3.13 bits per heavy atom. The van der Waals surface area contributed by atoms with Gasteiger partial charge >= 0.3 is 0 Å². The summed E-state index contributed by atoms with van der Waals surface area (Å²) in [5.41, 5.74) is 6.28. The largest absolute Gasteiger partial charge is 0.330 e. The fraction of sp³-hybridized carbons (Fsp3) is 0.500. The van der Waals surface area contributed by atoms with Crippen molar-refractivity contribution in [2.24, 2.45) is 5.73 Å². The van der Waals surface area contributed by atoms with Crippen molar-refractivity contribution in [2.75, 3.05) is 6.54 Å². The number of hydrogen-bond acceptors (Lipinski definition) is 4. The van der Waals surface area contributed by atoms with E-state index in [-0.39, 0.29) is 0 Å². The monoisotopic (exact) mass is 205 g/mol. The van der Waals surface area contributed by atoms with E-state index in [1.807, 2.05) is 12.1 Å². The van der Waals surface area contributed by atoms with Gasteiger partial charge in [0.25, 0.3) is 0 Å². The molecule has 2 N–H and O–H groups in total. The molecule has 0 aliphatic rings. The quantitative estimate of drug-likeness (QED) is 0.807. The Bertz CT molecular complexity index is 436. The van der Waals surface area contributed by atoms with Gasteiger partial charge < -0.3 is 5.73 Å². The number of fused-ring (bicyclic) bond motifs is 1. The van der Waals surface area contributed by atoms with Gasteiger partial charge in [-0.2, -0.15) is 9.61 Å². The highest BCUT2D eigenvalue weighted by Crippen LogP contribution is 2.17. The number of hydrogen-bond donors (Lipinski definition) is 1. The Hall–Kier alpha value is -1.49. The SMILES string of the molecule is CC(CCCN)c1nnc2cccnn12. The molecular weight excluding hydrogens is 190 g/mol. The van der Waals surface area contributed by atoms with Crippen LogP contribution in [0.5, 0.6) is 0 Å². The zero-order valence-electron chi connectivity index (χ0n) is 8.80. The fourth-order valence-electron chi connectivity index (χ4n) is 1.62. The van der Waals surface area contributed by atoms with Gasteiger partial charge in [0.05, 0.1) is 0 Å². The average Bonchev–Trinajstić information content (AvgIpc) is 2.69. The molecule has 2 rings (SSSR count). The zero-order valence-corrected chi connectivity index (χ0v) is 8.80. The van der Waals surface area contributed by atoms with Crippen LogP contribution >= 0.6 is 0 Å². The van der Waals surface area contributed by atoms with Gasteiger partial charge in [0, 0.05) is 12.1 Å². The molecule has 0 fully saturated rings. The van der Waals surface area contributed by atoms with Gasteiger partial charge in [-0.3, -0.25) is 0 Å². The molecule has 5 heteroatoms. The first-order valence-electron chi connectivity index (χ1n) is 5.19. The van der Waals surface area contributed by atoms with Gasteiger partial charge in [-0.25, -0.2) is 0 Å². The molecule has 0 aliphatic carbocycles. The van der Waals surface area contributed by atoms with Crippen LogP contribution in [0.2, 0.25) is 0 Å². The molecule has 1 atom stereocenters. The van der Waals surface area contributed by atoms with Crippen LogP contribution in [0.25, 0.3) is 5.65 Å². The van der Waals surface area contributed by atoms with Crippen molar-refractivity contribution in [1.29, 1.82) is 0 Å². The molecular formula is C10H15N5. The van der Waals surface area contributed by atoms with Crippen LogP contribution < -0.4 is 5.73 Å². The van der Waals surface area contributed by atoms with Crippen LogP contribution in [-0.2, 0) is 0 Å². The third-order valence-corrected chi connectivity index (χ3v) is 2.48. The van der Waals surface area contributed by atoms with Crippen molar-refractivity contribution in [1.82, 2.24) is 19.8 Å². The molecule has 2 heterocycles. The molecule has 0 spiro atoms. The second-order valence-electron chi connectivity index (χ2n) is 3.68. The van der Waals surface area contributed by atoms with Gasteiger partial charge in [-0.1, -0.05) is 6.92 Å². The van der Waals surface area contributed by atoms with Gasteiger partial charge in [0.1, 0.15) is 0 Å². The molecule has 80 valence electrons. The highest BCUT2D eigenvalue weighted by molar-refractivity contribution is 5.35. The van der Waals surface area contributed by atoms with Gasteiger partial charge in [-0.05, 0) is 31.5 Å². The maximum Gasteiger partial charge on any atom is 0.177 e. The van der Waals surface area contributed by atoms with Crippen LogP contribution in [-0.4, -0.2) is 26.4 Å². The first kappa shape index (κ1) is 10.0. The second-order valence-corrected chi connectivity index (χ2v) is 3.68. The first-order chi connectivity index (χ1) is 7.33. The van der Waals surface area contributed by atoms with Crippen molar-refractivity contribution >= 4 is 5.65 Å². The molecule has 0 radical (unpaired) electrons. The van der Waals surface area contributed by atoms with E-state index in [9.17, 15) is 0 Å². The Kier molecular flexibility index (Phi) is 2.91. The van der Waals surface area contributed by atoms with E-state index in [4.69, 9.17) is 5.73 Å². The predicted octanol–water partition coefficient (Wildman–Crippen LogP) is 0.967. The van der Waals surface area contributed by atoms with Gasteiger partial charge in [0.2, 0.25) is 0 Å². The topological polar surface area (TPSA) is 69.1 Å². The van der Waals surface area contributed by atoms with E-state index in [1.165, 1.54) is 0 Å². The molecule has 2 aromatic heterocycles. The lowest BCUT2D eigenvalue weighted by Gasteiger charge is -2.07. The average molecular weight is 205 g/mol. The fourth-order valence-corrected chi connectivity index (χ4v) is 1.62. The number of rotatable bonds is 4. The van der Waals surface area contributed by atoms with Crippen molar-refractivity contribution in [3.63, 3.8) is 0 Å². The lowest BCUT2D eigenvalue weighted by molar-refractivity contribution is 0.591. The molecule has 0 saturated carbocycles. The summed E-state index contributed by atoms with van der Waals surface area (Å²) in [5, 5.41) is 12.5. The lowest BCUT2D eigenvalue weighted by atomic mass is 10.1. The summed E-state index contributed by atoms with van der Waals surface area (Å²) in [7, 11) is 0. The normalized spacial score (nSPS) is 13.2. The maximum atomic E-state index is 5.48. The summed E-state index contributed by atoms with van der Waals surface area (Å²) in [5.74, 6) is 1.26. The molecule has 15 heavy (non-hydrogen) atoms. The Labute approximate surface area is 88.3 Å². The number of nitrogens with two attached hydrogens (primary N) is 1. The summed E-state index contributed by atoms with van der Waals surface area (Å²) < 4.78 is 1.79. The molecule has 0 amide bonds. The number of nitrogens with zero attached hydrogens (tertiary/aromatic N) is 4. The highest BCUT2D eigenvalue weighted by atomic mass is 15.4. The summed E-state index contributed by atoms with van der Waals surface area (Å²) in [4.78, 5) is 0. The van der Waals surface area contributed by atoms with Crippen molar-refractivity contribution < 1.29 is 0 Å². The Morgan fingerprint density at radius 1 is 1.47 bits per heavy atom. The summed E-state index contributed by atoms with van der Waals surface area (Å²) in [6.45, 7) is 2.84. The predicted molar refractivity (Wildman–Crippen MR) is 57.5 cm³/mol. The summed E-state index contributed by atoms with van der Waals surface area (Å²) >= 11 is 0. The minimum Gasteiger partial charge on any atom is -0.330 e. The minimum absolute atomic E-state index is 0.346. The van der Waals surface area contributed by atoms with Crippen LogP contribution in [0.15, 0.2) is 18.3 Å². The van der Waals surface area contributed by atoms with Crippen molar-refractivity contribution in [2.45, 2.75) is 25.7 Å². The van der Waals surface area contributed by atoms with E-state index in [1.54, 1.807) is 10.7 Å². The van der Waals surface area contributed by atoms with Crippen LogP contribution in [0.1, 0.15) is 31.5 Å². The van der Waals surface area contributed by atoms with Crippen LogP contribution in [0, 0.1) is 0 Å². The minimum atomic E-state index is 0.346. The smallest absolute Gasteiger partial charge is 0.177 e. The Morgan fingerprint density at radius 2 is 2.33 bits per heavy atom. The van der Waals surface area contributed by atoms with Crippen molar-refractivity contribution in [3.8, 4) is 0 Å². The summed E-state index contributed by atoms with van der Waals surface area (Å²) in [6.07, 6.45) is 3.77. The Balaban J connectivity index is 2.27. The standard InChI is InChI=1S/C10H15N5/c1-8(4-2-6-11)10-14-13-9-5-3-7-12-15(9)10/h3,5,7-8H,2,4,6,11H2,1H3. The third kappa shape index (κ3) is 1.97. The van der Waals surface area contributed by atoms with Crippen LogP contribution in [0.3, 0.4) is 0 Å². The molecule has 2 aromatic rings. The van der Waals surface area contributed by atoms with Gasteiger partial charge in [0.15, 0.2) is 11.5 Å². The number of aromatic nitrogens is 4. The molecule has 0 bridgehead atoms. The molecule has 5 nitrogen and oxygen atoms in total. The van der Waals surface area contributed by atoms with E-state index < -0.39 is 0 Å². The van der Waals surface area contributed by atoms with E-state index in [2.05, 4.69) is 22.2 Å². The zero-order chi connectivity index (χ0) is 10.7. The molecule has 0 saturated heterocycles. The molecule has 0 aromatic carbocycles. The molecule has 0 aliphatic heterocycles.